The van der Waals surface area contributed by atoms with Crippen molar-refractivity contribution in [3.8, 4) is 11.5 Å². The number of allylic oxidation sites excluding steroid dienone is 1. The summed E-state index contributed by atoms with van der Waals surface area (Å²) in [5.74, 6) is -2.17. The molecule has 4 aromatic rings. The highest BCUT2D eigenvalue weighted by atomic mass is 32.2. The Balaban J connectivity index is 1.07. The van der Waals surface area contributed by atoms with Gasteiger partial charge >= 0.3 is 6.09 Å². The molecule has 1 saturated heterocycles. The van der Waals surface area contributed by atoms with Gasteiger partial charge in [-0.05, 0) is 101 Å². The number of amides is 4. The Morgan fingerprint density at radius 2 is 1.80 bits per heavy atom. The van der Waals surface area contributed by atoms with Crippen LogP contribution >= 0.6 is 0 Å². The van der Waals surface area contributed by atoms with Crippen LogP contribution in [0.3, 0.4) is 0 Å². The number of benzene rings is 2. The van der Waals surface area contributed by atoms with Crippen molar-refractivity contribution in [3.05, 3.63) is 54.4 Å². The molecule has 0 spiro atoms. The van der Waals surface area contributed by atoms with Gasteiger partial charge in [-0.3, -0.25) is 19.1 Å². The lowest BCUT2D eigenvalue weighted by atomic mass is 10.0. The summed E-state index contributed by atoms with van der Waals surface area (Å²) in [4.78, 5) is 62.7. The maximum Gasteiger partial charge on any atom is 0.408 e. The number of rotatable bonds is 9. The van der Waals surface area contributed by atoms with Crippen molar-refractivity contribution in [2.45, 2.75) is 125 Å². The van der Waals surface area contributed by atoms with Gasteiger partial charge in [0.05, 0.1) is 29.3 Å². The fourth-order valence-corrected chi connectivity index (χ4v) is 10.4. The van der Waals surface area contributed by atoms with E-state index in [0.717, 1.165) is 38.5 Å². The van der Waals surface area contributed by atoms with E-state index < -0.39 is 74.5 Å². The maximum atomic E-state index is 14.8. The molecule has 4 fully saturated rings. The van der Waals surface area contributed by atoms with E-state index in [-0.39, 0.29) is 43.2 Å². The molecule has 3 N–H and O–H groups in total. The number of sulfonamides is 1. The molecule has 15 nitrogen and oxygen atoms in total. The second-order valence-electron chi connectivity index (χ2n) is 17.0. The minimum atomic E-state index is -3.94. The highest BCUT2D eigenvalue weighted by Gasteiger charge is 2.62. The number of hydrogen-bond acceptors (Lipinski definition) is 11. The fourth-order valence-electron chi connectivity index (χ4n) is 9.08. The van der Waals surface area contributed by atoms with Crippen LogP contribution in [-0.4, -0.2) is 90.3 Å². The molecule has 9 rings (SSSR count). The molecule has 3 aliphatic carbocycles. The maximum absolute atomic E-state index is 14.8. The Kier molecular flexibility index (Phi) is 11.0. The SMILES string of the molecule is CCOc1ccc2oc3c(O[C@@H]4C[C@H]5C(=O)N[C@]6(C(=O)NS(=O)(=O)C7CC7)C[C@H]6C=CCCCCC[C@H](NC(=O)OC6CCCC6)C(=O)N5C4)c4ccc(F)cc4nc3c2c1. The van der Waals surface area contributed by atoms with E-state index in [1.807, 2.05) is 19.1 Å². The van der Waals surface area contributed by atoms with Gasteiger partial charge in [-0.25, -0.2) is 22.6 Å². The number of furan rings is 1. The van der Waals surface area contributed by atoms with Crippen molar-refractivity contribution < 1.29 is 50.6 Å². The summed E-state index contributed by atoms with van der Waals surface area (Å²) >= 11 is 0. The zero-order chi connectivity index (χ0) is 42.5. The van der Waals surface area contributed by atoms with Gasteiger partial charge in [-0.1, -0.05) is 25.0 Å². The third-order valence-electron chi connectivity index (χ3n) is 12.6. The van der Waals surface area contributed by atoms with E-state index in [2.05, 4.69) is 15.4 Å². The van der Waals surface area contributed by atoms with Gasteiger partial charge in [0, 0.05) is 23.8 Å². The van der Waals surface area contributed by atoms with Crippen LogP contribution in [0.4, 0.5) is 9.18 Å². The lowest BCUT2D eigenvalue weighted by Crippen LogP contribution is -2.58. The summed E-state index contributed by atoms with van der Waals surface area (Å²) < 4.78 is 67.4. The van der Waals surface area contributed by atoms with Gasteiger partial charge in [0.1, 0.15) is 52.5 Å². The Labute approximate surface area is 352 Å². The fraction of sp³-hybridized carbons (Fsp3) is 0.523. The third kappa shape index (κ3) is 8.32. The number of nitrogens with one attached hydrogen (secondary N) is 3. The average molecular weight is 860 g/mol. The number of hydrogen-bond donors (Lipinski definition) is 3. The first-order chi connectivity index (χ1) is 29.4. The minimum Gasteiger partial charge on any atom is -0.494 e. The number of aromatic nitrogens is 1. The molecule has 0 bridgehead atoms. The quantitative estimate of drug-likeness (QED) is 0.166. The summed E-state index contributed by atoms with van der Waals surface area (Å²) in [6.45, 7) is 2.20. The van der Waals surface area contributed by atoms with Gasteiger partial charge in [0.25, 0.3) is 5.91 Å². The lowest BCUT2D eigenvalue weighted by Gasteiger charge is -2.30. The van der Waals surface area contributed by atoms with Gasteiger partial charge in [-0.2, -0.15) is 0 Å². The number of fused-ring (bicyclic) bond motifs is 6. The summed E-state index contributed by atoms with van der Waals surface area (Å²) in [5.41, 5.74) is -0.103. The molecule has 2 aliphatic heterocycles. The number of carbonyl (C=O) groups is 4. The Bertz CT molecular complexity index is 2540. The largest absolute Gasteiger partial charge is 0.494 e. The molecule has 5 atom stereocenters. The van der Waals surface area contributed by atoms with E-state index in [4.69, 9.17) is 23.6 Å². The van der Waals surface area contributed by atoms with Gasteiger partial charge in [-0.15, -0.1) is 0 Å². The lowest BCUT2D eigenvalue weighted by molar-refractivity contribution is -0.141. The van der Waals surface area contributed by atoms with E-state index in [0.29, 0.717) is 65.4 Å². The smallest absolute Gasteiger partial charge is 0.408 e. The first-order valence-electron chi connectivity index (χ1n) is 21.5. The van der Waals surface area contributed by atoms with Crippen LogP contribution in [0.5, 0.6) is 11.5 Å². The van der Waals surface area contributed by atoms with Crippen LogP contribution in [0, 0.1) is 11.7 Å². The number of carbonyl (C=O) groups excluding carboxylic acids is 4. The standard InChI is InChI=1S/C44H50FN5O10S/c1-2-57-28-15-19-36-32(21-28)37-39(60-36)38(31-18-14-26(45)20-34(31)46-37)58-29-22-35-40(51)48-44(42(53)49-61(55,56)30-16-17-30)23-25(44)10-6-4-3-5-7-13-33(41(52)50(35)24-29)47-43(54)59-27-11-8-9-12-27/h6,10,14-15,18-21,25,27,29-30,33,35H,2-5,7-9,11-13,16-17,22-24H2,1H3,(H,47,54)(H,48,51)(H,49,53)/t25-,29-,33+,35+,44-/m1/s1. The molecule has 17 heteroatoms. The number of nitrogens with zero attached hydrogens (tertiary/aromatic N) is 2. The highest BCUT2D eigenvalue weighted by Crippen LogP contribution is 2.47. The van der Waals surface area contributed by atoms with Crippen LogP contribution in [0.15, 0.2) is 53.0 Å². The monoisotopic (exact) mass is 859 g/mol. The van der Waals surface area contributed by atoms with Crippen LogP contribution in [0.1, 0.15) is 90.4 Å². The van der Waals surface area contributed by atoms with Crippen molar-refractivity contribution in [2.24, 2.45) is 5.92 Å². The Morgan fingerprint density at radius 1 is 1.00 bits per heavy atom. The predicted molar refractivity (Wildman–Crippen MR) is 222 cm³/mol. The van der Waals surface area contributed by atoms with E-state index in [1.54, 1.807) is 18.2 Å². The molecule has 2 aromatic carbocycles. The Hall–Kier alpha value is -5.45. The Morgan fingerprint density at radius 3 is 2.59 bits per heavy atom. The van der Waals surface area contributed by atoms with E-state index in [9.17, 15) is 32.0 Å². The van der Waals surface area contributed by atoms with Crippen molar-refractivity contribution in [2.75, 3.05) is 13.2 Å². The molecule has 0 unspecified atom stereocenters. The first-order valence-corrected chi connectivity index (χ1v) is 23.0. The van der Waals surface area contributed by atoms with Crippen LogP contribution < -0.4 is 24.8 Å². The van der Waals surface area contributed by atoms with Crippen molar-refractivity contribution in [3.63, 3.8) is 0 Å². The summed E-state index contributed by atoms with van der Waals surface area (Å²) in [6, 6.07) is 7.17. The number of alkyl carbamates (subject to hydrolysis) is 1. The van der Waals surface area contributed by atoms with Crippen LogP contribution in [-0.2, 0) is 29.1 Å². The number of pyridine rings is 1. The zero-order valence-corrected chi connectivity index (χ0v) is 34.8. The van der Waals surface area contributed by atoms with Crippen LogP contribution in [0.25, 0.3) is 33.0 Å². The van der Waals surface area contributed by atoms with Crippen molar-refractivity contribution >= 4 is 66.8 Å². The first kappa shape index (κ1) is 40.9. The van der Waals surface area contributed by atoms with Gasteiger partial charge in [0.2, 0.25) is 21.8 Å². The molecule has 4 heterocycles. The summed E-state index contributed by atoms with van der Waals surface area (Å²) in [7, 11) is -3.94. The molecule has 2 aromatic heterocycles. The van der Waals surface area contributed by atoms with E-state index >= 15 is 0 Å². The second kappa shape index (κ2) is 16.4. The van der Waals surface area contributed by atoms with Crippen molar-refractivity contribution in [1.82, 2.24) is 25.2 Å². The molecular weight excluding hydrogens is 810 g/mol. The summed E-state index contributed by atoms with van der Waals surface area (Å²) in [5, 5.41) is 6.09. The van der Waals surface area contributed by atoms with Crippen molar-refractivity contribution in [1.29, 1.82) is 0 Å². The molecular formula is C44H50FN5O10S. The third-order valence-corrected chi connectivity index (χ3v) is 14.4. The molecule has 61 heavy (non-hydrogen) atoms. The topological polar surface area (TPSA) is 195 Å². The molecule has 3 saturated carbocycles. The minimum absolute atomic E-state index is 0.0450. The highest BCUT2D eigenvalue weighted by molar-refractivity contribution is 7.91. The number of halogens is 1. The van der Waals surface area contributed by atoms with Crippen LogP contribution in [0.2, 0.25) is 0 Å². The van der Waals surface area contributed by atoms with Gasteiger partial charge < -0.3 is 34.2 Å². The summed E-state index contributed by atoms with van der Waals surface area (Å²) in [6.07, 6.45) is 9.49. The molecule has 0 radical (unpaired) electrons. The molecule has 324 valence electrons. The molecule has 5 aliphatic rings. The molecule has 4 amide bonds. The second-order valence-corrected chi connectivity index (χ2v) is 18.9. The average Bonchev–Trinajstić information content (AvgIpc) is 4.04. The zero-order valence-electron chi connectivity index (χ0n) is 34.0. The predicted octanol–water partition coefficient (Wildman–Crippen LogP) is 6.06. The van der Waals surface area contributed by atoms with E-state index in [1.165, 1.54) is 23.1 Å². The number of ether oxygens (including phenoxy) is 3. The van der Waals surface area contributed by atoms with Gasteiger partial charge in [0.15, 0.2) is 11.3 Å². The normalized spacial score (nSPS) is 26.3.